The summed E-state index contributed by atoms with van der Waals surface area (Å²) in [5.74, 6) is 0.887. The molecule has 0 spiro atoms. The molecule has 0 atom stereocenters. The van der Waals surface area contributed by atoms with Gasteiger partial charge in [-0.2, -0.15) is 0 Å². The molecule has 2 aromatic carbocycles. The number of hydrogen-bond acceptors (Lipinski definition) is 3. The first kappa shape index (κ1) is 11.9. The van der Waals surface area contributed by atoms with Gasteiger partial charge in [-0.05, 0) is 48.7 Å². The number of ether oxygens (including phenoxy) is 1. The summed E-state index contributed by atoms with van der Waals surface area (Å²) < 4.78 is 8.61. The van der Waals surface area contributed by atoms with E-state index in [0.29, 0.717) is 0 Å². The highest BCUT2D eigenvalue weighted by atomic mass is 32.2. The molecule has 0 unspecified atom stereocenters. The fourth-order valence-corrected chi connectivity index (χ4v) is 2.28. The Morgan fingerprint density at radius 2 is 1.88 bits per heavy atom. The molecule has 2 nitrogen and oxygen atoms in total. The van der Waals surface area contributed by atoms with E-state index in [1.807, 2.05) is 30.3 Å². The Bertz CT molecular complexity index is 499. The van der Waals surface area contributed by atoms with Crippen LogP contribution in [0.3, 0.4) is 0 Å². The van der Waals surface area contributed by atoms with E-state index in [1.54, 1.807) is 19.1 Å². The van der Waals surface area contributed by atoms with Gasteiger partial charge in [-0.25, -0.2) is 0 Å². The lowest BCUT2D eigenvalue weighted by atomic mass is 10.2. The lowest BCUT2D eigenvalue weighted by molar-refractivity contribution is 0.405. The van der Waals surface area contributed by atoms with Crippen LogP contribution >= 0.6 is 11.9 Å². The first-order valence-electron chi connectivity index (χ1n) is 5.42. The molecule has 3 heteroatoms. The molecule has 0 heterocycles. The van der Waals surface area contributed by atoms with Crippen molar-refractivity contribution in [1.82, 2.24) is 0 Å². The lowest BCUT2D eigenvalue weighted by Crippen LogP contribution is -1.90. The quantitative estimate of drug-likeness (QED) is 0.819. The SMILES string of the molecule is COc1ccccc1SNc1cccc(C)c1. The van der Waals surface area contributed by atoms with Gasteiger partial charge >= 0.3 is 0 Å². The van der Waals surface area contributed by atoms with Gasteiger partial charge in [0.05, 0.1) is 12.0 Å². The molecule has 0 saturated heterocycles. The fourth-order valence-electron chi connectivity index (χ4n) is 1.53. The standard InChI is InChI=1S/C14H15NOS/c1-11-6-5-7-12(10-11)15-17-14-9-4-3-8-13(14)16-2/h3-10,15H,1-2H3. The Kier molecular flexibility index (Phi) is 3.94. The number of anilines is 1. The topological polar surface area (TPSA) is 21.3 Å². The van der Waals surface area contributed by atoms with Crippen molar-refractivity contribution in [3.8, 4) is 5.75 Å². The van der Waals surface area contributed by atoms with Crippen LogP contribution in [-0.4, -0.2) is 7.11 Å². The summed E-state index contributed by atoms with van der Waals surface area (Å²) in [5, 5.41) is 0. The molecule has 0 aliphatic rings. The van der Waals surface area contributed by atoms with Crippen LogP contribution in [0.1, 0.15) is 5.56 Å². The number of para-hydroxylation sites is 1. The number of nitrogens with one attached hydrogen (secondary N) is 1. The minimum absolute atomic E-state index is 0.887. The average Bonchev–Trinajstić information content (AvgIpc) is 2.37. The van der Waals surface area contributed by atoms with E-state index >= 15 is 0 Å². The summed E-state index contributed by atoms with van der Waals surface area (Å²) in [4.78, 5) is 1.08. The van der Waals surface area contributed by atoms with Gasteiger partial charge in [-0.3, -0.25) is 0 Å². The zero-order valence-electron chi connectivity index (χ0n) is 9.94. The highest BCUT2D eigenvalue weighted by molar-refractivity contribution is 8.00. The molecule has 0 bridgehead atoms. The monoisotopic (exact) mass is 245 g/mol. The number of hydrogen-bond donors (Lipinski definition) is 1. The maximum atomic E-state index is 5.30. The van der Waals surface area contributed by atoms with Crippen LogP contribution in [-0.2, 0) is 0 Å². The maximum absolute atomic E-state index is 5.30. The van der Waals surface area contributed by atoms with Crippen molar-refractivity contribution in [2.75, 3.05) is 11.8 Å². The molecule has 0 fully saturated rings. The second kappa shape index (κ2) is 5.64. The summed E-state index contributed by atoms with van der Waals surface area (Å²) in [5.41, 5.74) is 2.34. The van der Waals surface area contributed by atoms with Gasteiger partial charge in [-0.15, -0.1) is 0 Å². The summed E-state index contributed by atoms with van der Waals surface area (Å²) in [6.07, 6.45) is 0. The predicted molar refractivity (Wildman–Crippen MR) is 73.7 cm³/mol. The maximum Gasteiger partial charge on any atom is 0.134 e. The number of aryl methyl sites for hydroxylation is 1. The Hall–Kier alpha value is -1.61. The molecule has 0 saturated carbocycles. The van der Waals surface area contributed by atoms with E-state index in [4.69, 9.17) is 4.74 Å². The van der Waals surface area contributed by atoms with Crippen molar-refractivity contribution in [2.45, 2.75) is 11.8 Å². The zero-order chi connectivity index (χ0) is 12.1. The van der Waals surface area contributed by atoms with Gasteiger partial charge in [0.2, 0.25) is 0 Å². The predicted octanol–water partition coefficient (Wildman–Crippen LogP) is 4.12. The van der Waals surface area contributed by atoms with E-state index in [1.165, 1.54) is 5.56 Å². The van der Waals surface area contributed by atoms with Gasteiger partial charge in [0.1, 0.15) is 5.75 Å². The van der Waals surface area contributed by atoms with E-state index in [0.717, 1.165) is 16.3 Å². The van der Waals surface area contributed by atoms with Crippen molar-refractivity contribution in [3.05, 3.63) is 54.1 Å². The Morgan fingerprint density at radius 3 is 2.65 bits per heavy atom. The van der Waals surface area contributed by atoms with Gasteiger partial charge in [0, 0.05) is 5.69 Å². The van der Waals surface area contributed by atoms with Crippen molar-refractivity contribution >= 4 is 17.6 Å². The van der Waals surface area contributed by atoms with Gasteiger partial charge < -0.3 is 9.46 Å². The summed E-state index contributed by atoms with van der Waals surface area (Å²) in [6.45, 7) is 2.08. The first-order valence-corrected chi connectivity index (χ1v) is 6.24. The highest BCUT2D eigenvalue weighted by Crippen LogP contribution is 2.29. The molecule has 1 N–H and O–H groups in total. The second-order valence-corrected chi connectivity index (χ2v) is 4.57. The van der Waals surface area contributed by atoms with Gasteiger partial charge in [0.15, 0.2) is 0 Å². The summed E-state index contributed by atoms with van der Waals surface area (Å²) in [6, 6.07) is 16.3. The molecule has 0 aliphatic heterocycles. The lowest BCUT2D eigenvalue weighted by Gasteiger charge is -2.09. The minimum atomic E-state index is 0.887. The van der Waals surface area contributed by atoms with Gasteiger partial charge in [-0.1, -0.05) is 24.3 Å². The number of rotatable bonds is 4. The highest BCUT2D eigenvalue weighted by Gasteiger charge is 2.02. The van der Waals surface area contributed by atoms with E-state index in [9.17, 15) is 0 Å². The summed E-state index contributed by atoms with van der Waals surface area (Å²) >= 11 is 1.56. The van der Waals surface area contributed by atoms with E-state index in [-0.39, 0.29) is 0 Å². The molecule has 0 aromatic heterocycles. The van der Waals surface area contributed by atoms with Crippen LogP contribution in [0.4, 0.5) is 5.69 Å². The molecule has 0 radical (unpaired) electrons. The molecule has 17 heavy (non-hydrogen) atoms. The number of methoxy groups -OCH3 is 1. The molecule has 2 rings (SSSR count). The summed E-state index contributed by atoms with van der Waals surface area (Å²) in [7, 11) is 1.69. The smallest absolute Gasteiger partial charge is 0.134 e. The number of benzene rings is 2. The minimum Gasteiger partial charge on any atom is -0.496 e. The molecular formula is C14H15NOS. The van der Waals surface area contributed by atoms with E-state index < -0.39 is 0 Å². The zero-order valence-corrected chi connectivity index (χ0v) is 10.8. The van der Waals surface area contributed by atoms with Gasteiger partial charge in [0.25, 0.3) is 0 Å². The Balaban J connectivity index is 2.07. The van der Waals surface area contributed by atoms with Crippen molar-refractivity contribution in [3.63, 3.8) is 0 Å². The van der Waals surface area contributed by atoms with Crippen molar-refractivity contribution in [2.24, 2.45) is 0 Å². The molecule has 0 amide bonds. The van der Waals surface area contributed by atoms with Crippen LogP contribution in [0.5, 0.6) is 5.75 Å². The van der Waals surface area contributed by atoms with Crippen LogP contribution in [0.25, 0.3) is 0 Å². The fraction of sp³-hybridized carbons (Fsp3) is 0.143. The normalized spacial score (nSPS) is 10.0. The third-order valence-electron chi connectivity index (χ3n) is 2.37. The van der Waals surface area contributed by atoms with Crippen LogP contribution < -0.4 is 9.46 Å². The Labute approximate surface area is 106 Å². The average molecular weight is 245 g/mol. The third-order valence-corrected chi connectivity index (χ3v) is 3.26. The molecule has 88 valence electrons. The molecular weight excluding hydrogens is 230 g/mol. The van der Waals surface area contributed by atoms with Crippen LogP contribution in [0.15, 0.2) is 53.4 Å². The Morgan fingerprint density at radius 1 is 1.06 bits per heavy atom. The van der Waals surface area contributed by atoms with Crippen molar-refractivity contribution in [1.29, 1.82) is 0 Å². The second-order valence-electron chi connectivity index (χ2n) is 3.72. The third kappa shape index (κ3) is 3.17. The first-order chi connectivity index (χ1) is 8.29. The largest absolute Gasteiger partial charge is 0.496 e. The van der Waals surface area contributed by atoms with Crippen LogP contribution in [0, 0.1) is 6.92 Å². The van der Waals surface area contributed by atoms with Crippen LogP contribution in [0.2, 0.25) is 0 Å². The molecule has 0 aliphatic carbocycles. The van der Waals surface area contributed by atoms with Crippen molar-refractivity contribution < 1.29 is 4.74 Å². The van der Waals surface area contributed by atoms with E-state index in [2.05, 4.69) is 29.8 Å². The molecule has 2 aromatic rings.